The number of nitrogens with two attached hydrogens (primary N) is 2. The van der Waals surface area contributed by atoms with Crippen LogP contribution in [0.4, 0.5) is 5.00 Å². The molecule has 6 heteroatoms. The van der Waals surface area contributed by atoms with Crippen molar-refractivity contribution in [3.63, 3.8) is 0 Å². The number of hydrogen-bond donors (Lipinski definition) is 2. The van der Waals surface area contributed by atoms with Crippen LogP contribution in [-0.2, 0) is 12.8 Å². The Morgan fingerprint density at radius 2 is 2.19 bits per heavy atom. The summed E-state index contributed by atoms with van der Waals surface area (Å²) < 4.78 is 0.308. The van der Waals surface area contributed by atoms with Crippen molar-refractivity contribution in [3.05, 3.63) is 16.0 Å². The summed E-state index contributed by atoms with van der Waals surface area (Å²) in [6, 6.07) is 2.58. The van der Waals surface area contributed by atoms with Gasteiger partial charge in [-0.3, -0.25) is 4.79 Å². The zero-order chi connectivity index (χ0) is 15.3. The molecule has 1 aromatic rings. The molecule has 0 bridgehead atoms. The van der Waals surface area contributed by atoms with Crippen LogP contribution in [0.3, 0.4) is 0 Å². The van der Waals surface area contributed by atoms with E-state index in [1.165, 1.54) is 24.2 Å². The SMILES string of the molecule is CSC1(CC2(C#N)CCc3c(sc(N)c3C(N)=O)C2)CC1. The molecule has 0 spiro atoms. The van der Waals surface area contributed by atoms with E-state index in [0.29, 0.717) is 21.7 Å². The largest absolute Gasteiger partial charge is 0.390 e. The van der Waals surface area contributed by atoms with Crippen LogP contribution in [0, 0.1) is 16.7 Å². The zero-order valence-corrected chi connectivity index (χ0v) is 13.7. The van der Waals surface area contributed by atoms with Gasteiger partial charge >= 0.3 is 0 Å². The highest BCUT2D eigenvalue weighted by molar-refractivity contribution is 8.00. The summed E-state index contributed by atoms with van der Waals surface area (Å²) >= 11 is 3.33. The number of fused-ring (bicyclic) bond motifs is 1. The van der Waals surface area contributed by atoms with Crippen LogP contribution < -0.4 is 11.5 Å². The van der Waals surface area contributed by atoms with Gasteiger partial charge in [0, 0.05) is 16.0 Å². The molecule has 1 amide bonds. The fourth-order valence-corrected chi connectivity index (χ4v) is 5.66. The molecule has 1 atom stereocenters. The molecule has 1 aromatic heterocycles. The summed E-state index contributed by atoms with van der Waals surface area (Å²) in [7, 11) is 0. The number of rotatable bonds is 4. The van der Waals surface area contributed by atoms with E-state index in [-0.39, 0.29) is 5.41 Å². The topological polar surface area (TPSA) is 92.9 Å². The molecule has 2 aliphatic carbocycles. The van der Waals surface area contributed by atoms with E-state index in [9.17, 15) is 10.1 Å². The van der Waals surface area contributed by atoms with Gasteiger partial charge in [0.1, 0.15) is 0 Å². The summed E-state index contributed by atoms with van der Waals surface area (Å²) in [5, 5.41) is 10.3. The third-order valence-electron chi connectivity index (χ3n) is 4.86. The number of nitrogens with zero attached hydrogens (tertiary/aromatic N) is 1. The van der Waals surface area contributed by atoms with Gasteiger partial charge in [-0.15, -0.1) is 11.3 Å². The second kappa shape index (κ2) is 4.92. The number of carbonyl (C=O) groups excluding carboxylic acids is 1. The lowest BCUT2D eigenvalue weighted by atomic mass is 9.71. The van der Waals surface area contributed by atoms with Crippen molar-refractivity contribution in [2.45, 2.75) is 43.3 Å². The summed E-state index contributed by atoms with van der Waals surface area (Å²) in [6.45, 7) is 0. The third-order valence-corrected chi connectivity index (χ3v) is 7.34. The van der Waals surface area contributed by atoms with Crippen LogP contribution >= 0.6 is 23.1 Å². The average molecular weight is 321 g/mol. The predicted molar refractivity (Wildman–Crippen MR) is 87.4 cm³/mol. The quantitative estimate of drug-likeness (QED) is 0.891. The van der Waals surface area contributed by atoms with Gasteiger partial charge in [0.2, 0.25) is 0 Å². The molecule has 112 valence electrons. The van der Waals surface area contributed by atoms with Crippen molar-refractivity contribution in [2.24, 2.45) is 11.1 Å². The molecule has 1 unspecified atom stereocenters. The Kier molecular flexibility index (Phi) is 3.45. The van der Waals surface area contributed by atoms with Crippen molar-refractivity contribution in [3.8, 4) is 6.07 Å². The number of anilines is 1. The second-order valence-electron chi connectivity index (χ2n) is 6.24. The van der Waals surface area contributed by atoms with Crippen molar-refractivity contribution >= 4 is 34.0 Å². The fourth-order valence-electron chi connectivity index (χ4n) is 3.47. The van der Waals surface area contributed by atoms with E-state index in [4.69, 9.17) is 11.5 Å². The number of hydrogen-bond acceptors (Lipinski definition) is 5. The number of nitriles is 1. The van der Waals surface area contributed by atoms with Crippen LogP contribution in [0.15, 0.2) is 0 Å². The maximum absolute atomic E-state index is 11.6. The first-order valence-corrected chi connectivity index (χ1v) is 9.15. The lowest BCUT2D eigenvalue weighted by Crippen LogP contribution is -2.31. The smallest absolute Gasteiger partial charge is 0.251 e. The van der Waals surface area contributed by atoms with Gasteiger partial charge in [-0.25, -0.2) is 0 Å². The first-order valence-electron chi connectivity index (χ1n) is 7.10. The van der Waals surface area contributed by atoms with Gasteiger partial charge in [0.05, 0.1) is 22.0 Å². The summed E-state index contributed by atoms with van der Waals surface area (Å²) in [4.78, 5) is 12.6. The Bertz CT molecular complexity index is 642. The molecule has 1 heterocycles. The minimum absolute atomic E-state index is 0.307. The highest BCUT2D eigenvalue weighted by Crippen LogP contribution is 2.57. The Hall–Kier alpha value is -1.19. The molecule has 0 aromatic carbocycles. The van der Waals surface area contributed by atoms with E-state index < -0.39 is 5.91 Å². The zero-order valence-electron chi connectivity index (χ0n) is 12.1. The maximum atomic E-state index is 11.6. The van der Waals surface area contributed by atoms with Gasteiger partial charge in [-0.1, -0.05) is 0 Å². The van der Waals surface area contributed by atoms with E-state index in [2.05, 4.69) is 12.3 Å². The van der Waals surface area contributed by atoms with Crippen molar-refractivity contribution in [1.82, 2.24) is 0 Å². The number of carbonyl (C=O) groups is 1. The molecule has 1 fully saturated rings. The average Bonchev–Trinajstić information content (AvgIpc) is 3.13. The van der Waals surface area contributed by atoms with Crippen LogP contribution in [-0.4, -0.2) is 16.9 Å². The molecule has 2 aliphatic rings. The predicted octanol–water partition coefficient (Wildman–Crippen LogP) is 2.71. The van der Waals surface area contributed by atoms with Gasteiger partial charge in [0.25, 0.3) is 5.91 Å². The molecule has 4 N–H and O–H groups in total. The van der Waals surface area contributed by atoms with E-state index in [1.807, 2.05) is 11.8 Å². The summed E-state index contributed by atoms with van der Waals surface area (Å²) in [6.07, 6.45) is 7.76. The first-order chi connectivity index (χ1) is 9.94. The van der Waals surface area contributed by atoms with E-state index in [0.717, 1.165) is 29.7 Å². The molecule has 0 radical (unpaired) electrons. The molecule has 4 nitrogen and oxygen atoms in total. The van der Waals surface area contributed by atoms with Crippen LogP contribution in [0.2, 0.25) is 0 Å². The Labute approximate surface area is 132 Å². The normalized spacial score (nSPS) is 25.9. The van der Waals surface area contributed by atoms with Crippen LogP contribution in [0.5, 0.6) is 0 Å². The van der Waals surface area contributed by atoms with Gasteiger partial charge in [0.15, 0.2) is 0 Å². The van der Waals surface area contributed by atoms with Gasteiger partial charge < -0.3 is 11.5 Å². The standard InChI is InChI=1S/C15H19N3OS2/c1-20-15(4-5-15)7-14(8-16)3-2-9-10(6-14)21-13(18)11(9)12(17)19/h2-7,18H2,1H3,(H2,17,19). The molecular formula is C15H19N3OS2. The minimum atomic E-state index is -0.447. The Morgan fingerprint density at radius 1 is 1.48 bits per heavy atom. The molecule has 21 heavy (non-hydrogen) atoms. The monoisotopic (exact) mass is 321 g/mol. The molecule has 1 saturated carbocycles. The lowest BCUT2D eigenvalue weighted by Gasteiger charge is -2.33. The maximum Gasteiger partial charge on any atom is 0.251 e. The highest BCUT2D eigenvalue weighted by Gasteiger charge is 2.50. The van der Waals surface area contributed by atoms with E-state index in [1.54, 1.807) is 0 Å². The number of primary amides is 1. The Balaban J connectivity index is 1.91. The molecule has 0 aliphatic heterocycles. The molecule has 3 rings (SSSR count). The molecule has 0 saturated heterocycles. The number of amides is 1. The minimum Gasteiger partial charge on any atom is -0.390 e. The summed E-state index contributed by atoms with van der Waals surface area (Å²) in [5.74, 6) is -0.447. The number of nitrogen functional groups attached to an aromatic ring is 1. The first kappa shape index (κ1) is 14.7. The fraction of sp³-hybridized carbons (Fsp3) is 0.600. The van der Waals surface area contributed by atoms with Crippen LogP contribution in [0.25, 0.3) is 0 Å². The number of thioether (sulfide) groups is 1. The lowest BCUT2D eigenvalue weighted by molar-refractivity contribution is 0.1000. The van der Waals surface area contributed by atoms with Crippen molar-refractivity contribution in [1.29, 1.82) is 5.26 Å². The Morgan fingerprint density at radius 3 is 2.71 bits per heavy atom. The van der Waals surface area contributed by atoms with Gasteiger partial charge in [-0.2, -0.15) is 17.0 Å². The summed E-state index contributed by atoms with van der Waals surface area (Å²) in [5.41, 5.74) is 12.6. The van der Waals surface area contributed by atoms with Crippen LogP contribution in [0.1, 0.15) is 46.5 Å². The second-order valence-corrected chi connectivity index (χ2v) is 8.65. The van der Waals surface area contributed by atoms with Crippen molar-refractivity contribution in [2.75, 3.05) is 12.0 Å². The molecular weight excluding hydrogens is 302 g/mol. The van der Waals surface area contributed by atoms with E-state index >= 15 is 0 Å². The van der Waals surface area contributed by atoms with Gasteiger partial charge in [-0.05, 0) is 43.9 Å². The highest BCUT2D eigenvalue weighted by atomic mass is 32.2. The number of thiophene rings is 1. The van der Waals surface area contributed by atoms with Crippen molar-refractivity contribution < 1.29 is 4.79 Å². The third kappa shape index (κ3) is 2.43.